The van der Waals surface area contributed by atoms with Crippen molar-refractivity contribution in [2.24, 2.45) is 5.92 Å². The molecule has 3 rings (SSSR count). The number of carbonyl (C=O) groups is 3. The second-order valence-electron chi connectivity index (χ2n) is 7.22. The first-order chi connectivity index (χ1) is 14.7. The number of amides is 2. The standard InChI is InChI=1S/C22H21F3N2O4/c1-31-19(28)10-11-26-20(29)14-4-8-16(9-5-14)27-21(30)18-12-17(18)13-2-6-15(7-3-13)22(23,24)25/h2-9,17-18H,10-12H2,1H3,(H,26,29)(H,27,30). The quantitative estimate of drug-likeness (QED) is 0.651. The number of methoxy groups -OCH3 is 1. The Morgan fingerprint density at radius 2 is 1.68 bits per heavy atom. The van der Waals surface area contributed by atoms with Crippen LogP contribution in [0.15, 0.2) is 48.5 Å². The molecule has 1 aliphatic carbocycles. The van der Waals surface area contributed by atoms with Crippen molar-refractivity contribution in [3.63, 3.8) is 0 Å². The number of hydrogen-bond acceptors (Lipinski definition) is 4. The van der Waals surface area contributed by atoms with E-state index in [1.807, 2.05) is 0 Å². The number of rotatable bonds is 7. The second-order valence-corrected chi connectivity index (χ2v) is 7.22. The second kappa shape index (κ2) is 9.20. The highest BCUT2D eigenvalue weighted by Crippen LogP contribution is 2.48. The SMILES string of the molecule is COC(=O)CCNC(=O)c1ccc(NC(=O)C2CC2c2ccc(C(F)(F)F)cc2)cc1. The average Bonchev–Trinajstić information content (AvgIpc) is 3.54. The predicted octanol–water partition coefficient (Wildman–Crippen LogP) is 3.74. The lowest BCUT2D eigenvalue weighted by Gasteiger charge is -2.08. The number of carbonyl (C=O) groups excluding carboxylic acids is 3. The van der Waals surface area contributed by atoms with E-state index in [0.717, 1.165) is 12.1 Å². The van der Waals surface area contributed by atoms with Crippen molar-refractivity contribution >= 4 is 23.5 Å². The van der Waals surface area contributed by atoms with Gasteiger partial charge >= 0.3 is 12.1 Å². The van der Waals surface area contributed by atoms with Crippen LogP contribution in [0.25, 0.3) is 0 Å². The normalized spacial score (nSPS) is 17.5. The van der Waals surface area contributed by atoms with E-state index in [1.54, 1.807) is 24.3 Å². The molecular weight excluding hydrogens is 413 g/mol. The molecule has 2 amide bonds. The molecule has 2 unspecified atom stereocenters. The first-order valence-corrected chi connectivity index (χ1v) is 9.62. The molecule has 2 aromatic carbocycles. The molecule has 6 nitrogen and oxygen atoms in total. The van der Waals surface area contributed by atoms with Gasteiger partial charge in [-0.1, -0.05) is 12.1 Å². The van der Waals surface area contributed by atoms with Gasteiger partial charge in [-0.2, -0.15) is 13.2 Å². The Labute approximate surface area is 176 Å². The van der Waals surface area contributed by atoms with E-state index in [-0.39, 0.29) is 36.6 Å². The van der Waals surface area contributed by atoms with Gasteiger partial charge in [0.15, 0.2) is 0 Å². The fourth-order valence-corrected chi connectivity index (χ4v) is 3.19. The van der Waals surface area contributed by atoms with Crippen LogP contribution in [0.5, 0.6) is 0 Å². The lowest BCUT2D eigenvalue weighted by molar-refractivity contribution is -0.140. The van der Waals surface area contributed by atoms with Crippen LogP contribution in [-0.4, -0.2) is 31.4 Å². The summed E-state index contributed by atoms with van der Waals surface area (Å²) >= 11 is 0. The van der Waals surface area contributed by atoms with Crippen molar-refractivity contribution in [3.05, 3.63) is 65.2 Å². The van der Waals surface area contributed by atoms with Gasteiger partial charge in [0.05, 0.1) is 19.1 Å². The molecule has 2 N–H and O–H groups in total. The molecule has 9 heteroatoms. The van der Waals surface area contributed by atoms with E-state index in [0.29, 0.717) is 23.2 Å². The lowest BCUT2D eigenvalue weighted by Crippen LogP contribution is -2.26. The third-order valence-electron chi connectivity index (χ3n) is 5.05. The number of halogens is 3. The van der Waals surface area contributed by atoms with Gasteiger partial charge in [-0.3, -0.25) is 14.4 Å². The van der Waals surface area contributed by atoms with E-state index in [1.165, 1.54) is 19.2 Å². The van der Waals surface area contributed by atoms with Crippen LogP contribution >= 0.6 is 0 Å². The Kier molecular flexibility index (Phi) is 6.62. The number of ether oxygens (including phenoxy) is 1. The predicted molar refractivity (Wildman–Crippen MR) is 106 cm³/mol. The molecule has 0 aliphatic heterocycles. The molecule has 0 radical (unpaired) electrons. The minimum absolute atomic E-state index is 0.0673. The molecule has 0 aromatic heterocycles. The van der Waals surface area contributed by atoms with Gasteiger partial charge in [0, 0.05) is 23.7 Å². The van der Waals surface area contributed by atoms with Crippen LogP contribution in [0.4, 0.5) is 18.9 Å². The fourth-order valence-electron chi connectivity index (χ4n) is 3.19. The third kappa shape index (κ3) is 5.84. The summed E-state index contributed by atoms with van der Waals surface area (Å²) in [6, 6.07) is 11.1. The topological polar surface area (TPSA) is 84.5 Å². The minimum Gasteiger partial charge on any atom is -0.469 e. The Morgan fingerprint density at radius 1 is 1.03 bits per heavy atom. The lowest BCUT2D eigenvalue weighted by atomic mass is 10.1. The first kappa shape index (κ1) is 22.3. The van der Waals surface area contributed by atoms with Crippen molar-refractivity contribution in [2.75, 3.05) is 19.0 Å². The summed E-state index contributed by atoms with van der Waals surface area (Å²) in [6.45, 7) is 0.150. The van der Waals surface area contributed by atoms with E-state index in [2.05, 4.69) is 15.4 Å². The molecular formula is C22H21F3N2O4. The zero-order valence-corrected chi connectivity index (χ0v) is 16.7. The van der Waals surface area contributed by atoms with E-state index < -0.39 is 17.7 Å². The molecule has 0 spiro atoms. The minimum atomic E-state index is -4.39. The molecule has 0 saturated heterocycles. The Hall–Kier alpha value is -3.36. The number of alkyl halides is 3. The van der Waals surface area contributed by atoms with Gasteiger partial charge in [0.1, 0.15) is 0 Å². The van der Waals surface area contributed by atoms with Crippen LogP contribution in [0, 0.1) is 5.92 Å². The molecule has 2 atom stereocenters. The van der Waals surface area contributed by atoms with Crippen LogP contribution in [0.1, 0.15) is 40.2 Å². The summed E-state index contributed by atoms with van der Waals surface area (Å²) < 4.78 is 42.5. The van der Waals surface area contributed by atoms with Crippen molar-refractivity contribution in [3.8, 4) is 0 Å². The molecule has 0 bridgehead atoms. The maximum Gasteiger partial charge on any atom is 0.416 e. The van der Waals surface area contributed by atoms with Crippen molar-refractivity contribution in [1.29, 1.82) is 0 Å². The summed E-state index contributed by atoms with van der Waals surface area (Å²) in [5.41, 5.74) is 0.866. The number of esters is 1. The summed E-state index contributed by atoms with van der Waals surface area (Å²) in [7, 11) is 1.27. The van der Waals surface area contributed by atoms with Crippen molar-refractivity contribution in [2.45, 2.75) is 24.9 Å². The number of nitrogens with one attached hydrogen (secondary N) is 2. The molecule has 0 heterocycles. The Morgan fingerprint density at radius 3 is 2.26 bits per heavy atom. The number of anilines is 1. The number of benzene rings is 2. The van der Waals surface area contributed by atoms with E-state index in [4.69, 9.17) is 0 Å². The van der Waals surface area contributed by atoms with Crippen LogP contribution in [-0.2, 0) is 20.5 Å². The van der Waals surface area contributed by atoms with Gasteiger partial charge in [0.2, 0.25) is 5.91 Å². The fraction of sp³-hybridized carbons (Fsp3) is 0.318. The zero-order chi connectivity index (χ0) is 22.6. The van der Waals surface area contributed by atoms with Gasteiger partial charge < -0.3 is 15.4 Å². The Balaban J connectivity index is 1.50. The van der Waals surface area contributed by atoms with E-state index >= 15 is 0 Å². The van der Waals surface area contributed by atoms with Crippen LogP contribution in [0.2, 0.25) is 0 Å². The molecule has 2 aromatic rings. The maximum atomic E-state index is 12.7. The highest BCUT2D eigenvalue weighted by Gasteiger charge is 2.44. The largest absolute Gasteiger partial charge is 0.469 e. The van der Waals surface area contributed by atoms with Crippen LogP contribution < -0.4 is 10.6 Å². The van der Waals surface area contributed by atoms with Gasteiger partial charge in [-0.25, -0.2) is 0 Å². The van der Waals surface area contributed by atoms with Gasteiger partial charge in [-0.15, -0.1) is 0 Å². The molecule has 1 aliphatic rings. The molecule has 1 saturated carbocycles. The Bertz CT molecular complexity index is 956. The summed E-state index contributed by atoms with van der Waals surface area (Å²) in [5.74, 6) is -1.42. The molecule has 1 fully saturated rings. The summed E-state index contributed by atoms with van der Waals surface area (Å²) in [5, 5.41) is 5.35. The maximum absolute atomic E-state index is 12.7. The first-order valence-electron chi connectivity index (χ1n) is 9.62. The smallest absolute Gasteiger partial charge is 0.416 e. The average molecular weight is 434 g/mol. The highest BCUT2D eigenvalue weighted by atomic mass is 19.4. The summed E-state index contributed by atoms with van der Waals surface area (Å²) in [6.07, 6.45) is -3.75. The third-order valence-corrected chi connectivity index (χ3v) is 5.05. The van der Waals surface area contributed by atoms with Crippen molar-refractivity contribution < 1.29 is 32.3 Å². The van der Waals surface area contributed by atoms with E-state index in [9.17, 15) is 27.6 Å². The zero-order valence-electron chi connectivity index (χ0n) is 16.7. The highest BCUT2D eigenvalue weighted by molar-refractivity contribution is 5.97. The van der Waals surface area contributed by atoms with Crippen LogP contribution in [0.3, 0.4) is 0 Å². The molecule has 164 valence electrons. The summed E-state index contributed by atoms with van der Waals surface area (Å²) in [4.78, 5) is 35.5. The van der Waals surface area contributed by atoms with Crippen molar-refractivity contribution in [1.82, 2.24) is 5.32 Å². The number of hydrogen-bond donors (Lipinski definition) is 2. The van der Waals surface area contributed by atoms with Gasteiger partial charge in [0.25, 0.3) is 5.91 Å². The monoisotopic (exact) mass is 434 g/mol. The molecule has 31 heavy (non-hydrogen) atoms. The van der Waals surface area contributed by atoms with Gasteiger partial charge in [-0.05, 0) is 54.3 Å².